The molecule has 2 heterocycles. The van der Waals surface area contributed by atoms with Gasteiger partial charge < -0.3 is 15.4 Å². The molecule has 2 aliphatic heterocycles. The van der Waals surface area contributed by atoms with Crippen LogP contribution in [0.25, 0.3) is 0 Å². The summed E-state index contributed by atoms with van der Waals surface area (Å²) in [4.78, 5) is 13.1. The van der Waals surface area contributed by atoms with Gasteiger partial charge >= 0.3 is 0 Å². The summed E-state index contributed by atoms with van der Waals surface area (Å²) in [5, 5.41) is 13.9. The zero-order valence-electron chi connectivity index (χ0n) is 20.4. The van der Waals surface area contributed by atoms with Crippen LogP contribution in [0.3, 0.4) is 0 Å². The summed E-state index contributed by atoms with van der Waals surface area (Å²) in [7, 11) is 0. The summed E-state index contributed by atoms with van der Waals surface area (Å²) in [6.07, 6.45) is 3.61. The normalized spacial score (nSPS) is 17.5. The summed E-state index contributed by atoms with van der Waals surface area (Å²) < 4.78 is 6.04. The van der Waals surface area contributed by atoms with E-state index in [9.17, 15) is 4.79 Å². The van der Waals surface area contributed by atoms with Crippen molar-refractivity contribution in [2.45, 2.75) is 65.6 Å². The number of ether oxygens (including phenoxy) is 1. The SMILES string of the molecule is CCCC1CC(C(=O)Nc2ccc3c(c2)CCNC3)=NN1Cc1cc(Cl)ccc1OCC(C)C. The Morgan fingerprint density at radius 2 is 2.12 bits per heavy atom. The van der Waals surface area contributed by atoms with E-state index < -0.39 is 0 Å². The summed E-state index contributed by atoms with van der Waals surface area (Å²) in [5.41, 5.74) is 4.99. The first kappa shape index (κ1) is 24.6. The van der Waals surface area contributed by atoms with Gasteiger partial charge in [-0.15, -0.1) is 0 Å². The molecule has 1 atom stereocenters. The Kier molecular flexibility index (Phi) is 8.11. The molecule has 0 saturated heterocycles. The van der Waals surface area contributed by atoms with Crippen molar-refractivity contribution in [3.63, 3.8) is 0 Å². The number of amides is 1. The van der Waals surface area contributed by atoms with Gasteiger partial charge in [-0.3, -0.25) is 9.80 Å². The molecule has 1 unspecified atom stereocenters. The molecule has 0 aromatic heterocycles. The van der Waals surface area contributed by atoms with E-state index in [1.165, 1.54) is 11.1 Å². The number of carbonyl (C=O) groups is 1. The number of nitrogens with zero attached hydrogens (tertiary/aromatic N) is 2. The number of carbonyl (C=O) groups excluding carboxylic acids is 1. The number of anilines is 1. The average Bonchev–Trinajstić information content (AvgIpc) is 3.21. The largest absolute Gasteiger partial charge is 0.493 e. The Labute approximate surface area is 207 Å². The number of benzene rings is 2. The maximum Gasteiger partial charge on any atom is 0.271 e. The smallest absolute Gasteiger partial charge is 0.271 e. The molecule has 182 valence electrons. The molecule has 0 spiro atoms. The first-order chi connectivity index (χ1) is 16.4. The minimum absolute atomic E-state index is 0.125. The molecule has 34 heavy (non-hydrogen) atoms. The van der Waals surface area contributed by atoms with Crippen LogP contribution in [0.2, 0.25) is 5.02 Å². The van der Waals surface area contributed by atoms with Gasteiger partial charge in [-0.2, -0.15) is 5.10 Å². The summed E-state index contributed by atoms with van der Waals surface area (Å²) in [6.45, 7) is 9.47. The van der Waals surface area contributed by atoms with E-state index in [0.29, 0.717) is 36.2 Å². The predicted octanol–water partition coefficient (Wildman–Crippen LogP) is 5.39. The standard InChI is InChI=1S/C27H35ClN4O2/c1-4-5-24-14-25(27(33)30-23-8-6-20-15-29-11-10-19(20)13-23)31-32(24)16-21-12-22(28)7-9-26(21)34-17-18(2)3/h6-9,12-13,18,24,29H,4-5,10-11,14-17H2,1-3H3,(H,30,33). The molecule has 4 rings (SSSR count). The zero-order chi connectivity index (χ0) is 24.1. The molecule has 7 heteroatoms. The third-order valence-electron chi connectivity index (χ3n) is 6.26. The molecule has 0 radical (unpaired) electrons. The van der Waals surface area contributed by atoms with Crippen LogP contribution >= 0.6 is 11.6 Å². The minimum atomic E-state index is -0.125. The number of fused-ring (bicyclic) bond motifs is 1. The molecule has 2 aromatic carbocycles. The second kappa shape index (κ2) is 11.2. The van der Waals surface area contributed by atoms with Crippen molar-refractivity contribution in [1.82, 2.24) is 10.3 Å². The highest BCUT2D eigenvalue weighted by Crippen LogP contribution is 2.29. The van der Waals surface area contributed by atoms with Crippen LogP contribution in [0.5, 0.6) is 5.75 Å². The third kappa shape index (κ3) is 6.10. The van der Waals surface area contributed by atoms with E-state index in [4.69, 9.17) is 21.4 Å². The second-order valence-corrected chi connectivity index (χ2v) is 10.0. The molecule has 2 N–H and O–H groups in total. The molecule has 0 aliphatic carbocycles. The Balaban J connectivity index is 1.49. The predicted molar refractivity (Wildman–Crippen MR) is 139 cm³/mol. The molecule has 0 fully saturated rings. The Morgan fingerprint density at radius 3 is 2.91 bits per heavy atom. The fraction of sp³-hybridized carbons (Fsp3) is 0.481. The van der Waals surface area contributed by atoms with Crippen LogP contribution in [0.4, 0.5) is 5.69 Å². The quantitative estimate of drug-likeness (QED) is 0.503. The number of hydrogen-bond donors (Lipinski definition) is 2. The molecular weight excluding hydrogens is 448 g/mol. The molecule has 6 nitrogen and oxygen atoms in total. The van der Waals surface area contributed by atoms with Crippen LogP contribution in [0.1, 0.15) is 56.7 Å². The van der Waals surface area contributed by atoms with E-state index in [1.54, 1.807) is 0 Å². The van der Waals surface area contributed by atoms with Gasteiger partial charge in [0.2, 0.25) is 0 Å². The lowest BCUT2D eigenvalue weighted by Crippen LogP contribution is -2.27. The van der Waals surface area contributed by atoms with E-state index in [0.717, 1.165) is 49.4 Å². The lowest BCUT2D eigenvalue weighted by Gasteiger charge is -2.24. The van der Waals surface area contributed by atoms with Crippen molar-refractivity contribution in [3.05, 3.63) is 58.1 Å². The van der Waals surface area contributed by atoms with E-state index >= 15 is 0 Å². The minimum Gasteiger partial charge on any atom is -0.493 e. The highest BCUT2D eigenvalue weighted by molar-refractivity contribution is 6.43. The van der Waals surface area contributed by atoms with Gasteiger partial charge in [0.05, 0.1) is 19.2 Å². The number of hydrogen-bond acceptors (Lipinski definition) is 5. The third-order valence-corrected chi connectivity index (χ3v) is 6.50. The molecular formula is C27H35ClN4O2. The summed E-state index contributed by atoms with van der Waals surface area (Å²) >= 11 is 6.30. The fourth-order valence-corrected chi connectivity index (χ4v) is 4.69. The zero-order valence-corrected chi connectivity index (χ0v) is 21.1. The Hall–Kier alpha value is -2.57. The molecule has 1 amide bonds. The van der Waals surface area contributed by atoms with Gasteiger partial charge in [0, 0.05) is 29.2 Å². The van der Waals surface area contributed by atoms with Gasteiger partial charge in [-0.25, -0.2) is 0 Å². The first-order valence-corrected chi connectivity index (χ1v) is 12.7. The highest BCUT2D eigenvalue weighted by atomic mass is 35.5. The second-order valence-electron chi connectivity index (χ2n) is 9.61. The van der Waals surface area contributed by atoms with Crippen molar-refractivity contribution in [3.8, 4) is 5.75 Å². The molecule has 2 aromatic rings. The van der Waals surface area contributed by atoms with E-state index in [-0.39, 0.29) is 11.9 Å². The van der Waals surface area contributed by atoms with Crippen molar-refractivity contribution in [2.75, 3.05) is 18.5 Å². The summed E-state index contributed by atoms with van der Waals surface area (Å²) in [6, 6.07) is 12.1. The maximum atomic E-state index is 13.1. The van der Waals surface area contributed by atoms with Crippen molar-refractivity contribution >= 4 is 28.9 Å². The van der Waals surface area contributed by atoms with Crippen LogP contribution in [0, 0.1) is 5.92 Å². The van der Waals surface area contributed by atoms with Gasteiger partial charge in [0.1, 0.15) is 11.5 Å². The van der Waals surface area contributed by atoms with Crippen molar-refractivity contribution in [2.24, 2.45) is 11.0 Å². The van der Waals surface area contributed by atoms with Crippen molar-refractivity contribution < 1.29 is 9.53 Å². The van der Waals surface area contributed by atoms with Crippen LogP contribution < -0.4 is 15.4 Å². The van der Waals surface area contributed by atoms with Crippen LogP contribution in [-0.2, 0) is 24.3 Å². The van der Waals surface area contributed by atoms with Crippen LogP contribution in [-0.4, -0.2) is 35.8 Å². The topological polar surface area (TPSA) is 66.0 Å². The monoisotopic (exact) mass is 482 g/mol. The number of nitrogens with one attached hydrogen (secondary N) is 2. The molecule has 2 aliphatic rings. The number of rotatable bonds is 9. The van der Waals surface area contributed by atoms with Gasteiger partial charge in [-0.1, -0.05) is 44.9 Å². The van der Waals surface area contributed by atoms with Gasteiger partial charge in [-0.05, 0) is 66.8 Å². The lowest BCUT2D eigenvalue weighted by molar-refractivity contribution is -0.110. The lowest BCUT2D eigenvalue weighted by atomic mass is 10.0. The average molecular weight is 483 g/mol. The number of hydrazone groups is 1. The number of halogens is 1. The van der Waals surface area contributed by atoms with Gasteiger partial charge in [0.15, 0.2) is 0 Å². The fourth-order valence-electron chi connectivity index (χ4n) is 4.49. The molecule has 0 saturated carbocycles. The van der Waals surface area contributed by atoms with E-state index in [1.807, 2.05) is 29.3 Å². The summed E-state index contributed by atoms with van der Waals surface area (Å²) in [5.74, 6) is 1.13. The van der Waals surface area contributed by atoms with Crippen molar-refractivity contribution in [1.29, 1.82) is 0 Å². The van der Waals surface area contributed by atoms with Gasteiger partial charge in [0.25, 0.3) is 5.91 Å². The Morgan fingerprint density at radius 1 is 1.26 bits per heavy atom. The maximum absolute atomic E-state index is 13.1. The van der Waals surface area contributed by atoms with E-state index in [2.05, 4.69) is 43.5 Å². The Bertz CT molecular complexity index is 1050. The molecule has 0 bridgehead atoms. The highest BCUT2D eigenvalue weighted by Gasteiger charge is 2.30. The first-order valence-electron chi connectivity index (χ1n) is 12.3. The van der Waals surface area contributed by atoms with Crippen LogP contribution in [0.15, 0.2) is 41.5 Å².